The van der Waals surface area contributed by atoms with Gasteiger partial charge in [0.25, 0.3) is 0 Å². The molecular formula is C19H21F4IN4O. The van der Waals surface area contributed by atoms with Crippen molar-refractivity contribution >= 4 is 41.5 Å². The van der Waals surface area contributed by atoms with Crippen LogP contribution >= 0.6 is 24.0 Å². The number of amides is 1. The van der Waals surface area contributed by atoms with Crippen LogP contribution in [0.4, 0.5) is 23.2 Å². The van der Waals surface area contributed by atoms with Crippen LogP contribution in [0.2, 0.25) is 0 Å². The quantitative estimate of drug-likeness (QED) is 0.177. The summed E-state index contributed by atoms with van der Waals surface area (Å²) >= 11 is 0. The van der Waals surface area contributed by atoms with Crippen LogP contribution in [0.1, 0.15) is 18.1 Å². The van der Waals surface area contributed by atoms with Gasteiger partial charge in [0.2, 0.25) is 5.91 Å². The zero-order valence-corrected chi connectivity index (χ0v) is 18.1. The van der Waals surface area contributed by atoms with Gasteiger partial charge in [0, 0.05) is 6.54 Å². The lowest BCUT2D eigenvalue weighted by atomic mass is 10.1. The Balaban J connectivity index is 0.00000420. The minimum absolute atomic E-state index is 0. The van der Waals surface area contributed by atoms with Gasteiger partial charge in [0.05, 0.1) is 18.8 Å². The van der Waals surface area contributed by atoms with Gasteiger partial charge in [-0.3, -0.25) is 4.79 Å². The molecule has 0 saturated heterocycles. The van der Waals surface area contributed by atoms with Crippen LogP contribution in [-0.4, -0.2) is 25.0 Å². The molecule has 0 atom stereocenters. The van der Waals surface area contributed by atoms with E-state index in [2.05, 4.69) is 20.9 Å². The van der Waals surface area contributed by atoms with Gasteiger partial charge in [-0.1, -0.05) is 12.1 Å². The van der Waals surface area contributed by atoms with Gasteiger partial charge in [0.15, 0.2) is 23.4 Å². The number of aryl methyl sites for hydroxylation is 1. The summed E-state index contributed by atoms with van der Waals surface area (Å²) in [5, 5.41) is 7.83. The van der Waals surface area contributed by atoms with E-state index in [-0.39, 0.29) is 42.9 Å². The highest BCUT2D eigenvalue weighted by molar-refractivity contribution is 14.0. The second-order valence-electron chi connectivity index (χ2n) is 5.90. The summed E-state index contributed by atoms with van der Waals surface area (Å²) in [6, 6.07) is 6.28. The average molecular weight is 524 g/mol. The summed E-state index contributed by atoms with van der Waals surface area (Å²) in [6.45, 7) is 3.96. The lowest BCUT2D eigenvalue weighted by Gasteiger charge is -2.12. The average Bonchev–Trinajstić information content (AvgIpc) is 2.67. The first kappa shape index (κ1) is 24.7. The molecule has 10 heteroatoms. The molecule has 158 valence electrons. The SMILES string of the molecule is CCNC(=NCc1ccc(F)c(C)c1)NCC(=O)Nc1ccc(F)c(F)c1F.I. The molecular weight excluding hydrogens is 503 g/mol. The Morgan fingerprint density at radius 3 is 2.34 bits per heavy atom. The Morgan fingerprint density at radius 1 is 1.00 bits per heavy atom. The topological polar surface area (TPSA) is 65.5 Å². The number of carbonyl (C=O) groups excluding carboxylic acids is 1. The van der Waals surface area contributed by atoms with E-state index < -0.39 is 29.0 Å². The smallest absolute Gasteiger partial charge is 0.243 e. The van der Waals surface area contributed by atoms with E-state index in [1.165, 1.54) is 6.07 Å². The molecule has 3 N–H and O–H groups in total. The first-order valence-corrected chi connectivity index (χ1v) is 8.52. The predicted octanol–water partition coefficient (Wildman–Crippen LogP) is 3.86. The van der Waals surface area contributed by atoms with E-state index in [9.17, 15) is 22.4 Å². The second kappa shape index (κ2) is 11.6. The molecule has 0 aliphatic heterocycles. The number of aliphatic imine (C=N–C) groups is 1. The van der Waals surface area contributed by atoms with Crippen LogP contribution in [0.3, 0.4) is 0 Å². The van der Waals surface area contributed by atoms with Gasteiger partial charge < -0.3 is 16.0 Å². The molecule has 5 nitrogen and oxygen atoms in total. The first-order valence-electron chi connectivity index (χ1n) is 8.52. The normalized spacial score (nSPS) is 10.9. The molecule has 0 aromatic heterocycles. The van der Waals surface area contributed by atoms with E-state index >= 15 is 0 Å². The number of guanidine groups is 1. The number of benzene rings is 2. The second-order valence-corrected chi connectivity index (χ2v) is 5.90. The third kappa shape index (κ3) is 7.18. The number of hydrogen-bond donors (Lipinski definition) is 3. The number of halogens is 5. The van der Waals surface area contributed by atoms with Gasteiger partial charge in [-0.15, -0.1) is 24.0 Å². The maximum atomic E-state index is 13.6. The van der Waals surface area contributed by atoms with Gasteiger partial charge in [-0.2, -0.15) is 0 Å². The summed E-state index contributed by atoms with van der Waals surface area (Å²) in [5.41, 5.74) is 0.817. The van der Waals surface area contributed by atoms with Crippen molar-refractivity contribution in [3.8, 4) is 0 Å². The summed E-state index contributed by atoms with van der Waals surface area (Å²) in [7, 11) is 0. The number of nitrogens with zero attached hydrogens (tertiary/aromatic N) is 1. The van der Waals surface area contributed by atoms with Crippen LogP contribution < -0.4 is 16.0 Å². The zero-order chi connectivity index (χ0) is 20.7. The van der Waals surface area contributed by atoms with Crippen molar-refractivity contribution in [2.75, 3.05) is 18.4 Å². The summed E-state index contributed by atoms with van der Waals surface area (Å²) in [5.74, 6) is -5.14. The Morgan fingerprint density at radius 2 is 1.69 bits per heavy atom. The highest BCUT2D eigenvalue weighted by atomic mass is 127. The van der Waals surface area contributed by atoms with Crippen LogP contribution in [0, 0.1) is 30.2 Å². The van der Waals surface area contributed by atoms with E-state index in [0.717, 1.165) is 17.7 Å². The molecule has 29 heavy (non-hydrogen) atoms. The highest BCUT2D eigenvalue weighted by Crippen LogP contribution is 2.19. The van der Waals surface area contributed by atoms with E-state index in [0.29, 0.717) is 18.1 Å². The van der Waals surface area contributed by atoms with Crippen molar-refractivity contribution in [1.82, 2.24) is 10.6 Å². The first-order chi connectivity index (χ1) is 13.3. The maximum Gasteiger partial charge on any atom is 0.243 e. The van der Waals surface area contributed by atoms with Crippen LogP contribution in [0.5, 0.6) is 0 Å². The molecule has 2 aromatic carbocycles. The Bertz CT molecular complexity index is 893. The third-order valence-electron chi connectivity index (χ3n) is 3.71. The van der Waals surface area contributed by atoms with Gasteiger partial charge in [-0.25, -0.2) is 22.6 Å². The largest absolute Gasteiger partial charge is 0.357 e. The van der Waals surface area contributed by atoms with E-state index in [1.54, 1.807) is 19.1 Å². The standard InChI is InChI=1S/C19H20F4N4O.HI/c1-3-24-19(25-9-12-4-5-13(20)11(2)8-12)26-10-16(28)27-15-7-6-14(21)17(22)18(15)23;/h4-8H,3,9-10H2,1-2H3,(H,27,28)(H2,24,25,26);1H. The molecule has 2 rings (SSSR count). The number of rotatable bonds is 6. The molecule has 0 spiro atoms. The Hall–Kier alpha value is -2.37. The van der Waals surface area contributed by atoms with Crippen molar-refractivity contribution < 1.29 is 22.4 Å². The zero-order valence-electron chi connectivity index (χ0n) is 15.8. The molecule has 0 saturated carbocycles. The molecule has 0 bridgehead atoms. The van der Waals surface area contributed by atoms with Gasteiger partial charge in [0.1, 0.15) is 5.82 Å². The summed E-state index contributed by atoms with van der Waals surface area (Å²) in [6.07, 6.45) is 0. The fraction of sp³-hybridized carbons (Fsp3) is 0.263. The molecule has 2 aromatic rings. The molecule has 0 heterocycles. The lowest BCUT2D eigenvalue weighted by Crippen LogP contribution is -2.41. The van der Waals surface area contributed by atoms with Crippen molar-refractivity contribution in [1.29, 1.82) is 0 Å². The third-order valence-corrected chi connectivity index (χ3v) is 3.71. The van der Waals surface area contributed by atoms with Crippen LogP contribution in [-0.2, 0) is 11.3 Å². The number of carbonyl (C=O) groups is 1. The highest BCUT2D eigenvalue weighted by Gasteiger charge is 2.15. The Kier molecular flexibility index (Phi) is 9.86. The molecule has 0 fully saturated rings. The number of anilines is 1. The molecule has 0 unspecified atom stereocenters. The van der Waals surface area contributed by atoms with Crippen LogP contribution in [0.25, 0.3) is 0 Å². The minimum atomic E-state index is -1.66. The lowest BCUT2D eigenvalue weighted by molar-refractivity contribution is -0.115. The molecule has 1 amide bonds. The maximum absolute atomic E-state index is 13.6. The summed E-state index contributed by atoms with van der Waals surface area (Å²) < 4.78 is 53.0. The van der Waals surface area contributed by atoms with Crippen molar-refractivity contribution in [2.24, 2.45) is 4.99 Å². The number of nitrogens with one attached hydrogen (secondary N) is 3. The fourth-order valence-electron chi connectivity index (χ4n) is 2.30. The van der Waals surface area contributed by atoms with Gasteiger partial charge >= 0.3 is 0 Å². The predicted molar refractivity (Wildman–Crippen MR) is 114 cm³/mol. The van der Waals surface area contributed by atoms with Crippen molar-refractivity contribution in [2.45, 2.75) is 20.4 Å². The van der Waals surface area contributed by atoms with E-state index in [1.807, 2.05) is 6.92 Å². The van der Waals surface area contributed by atoms with Crippen molar-refractivity contribution in [3.05, 3.63) is 64.7 Å². The molecule has 0 aliphatic rings. The Labute approximate surface area is 183 Å². The van der Waals surface area contributed by atoms with Crippen molar-refractivity contribution in [3.63, 3.8) is 0 Å². The van der Waals surface area contributed by atoms with Gasteiger partial charge in [-0.05, 0) is 43.2 Å². The van der Waals surface area contributed by atoms with E-state index in [4.69, 9.17) is 0 Å². The summed E-state index contributed by atoms with van der Waals surface area (Å²) in [4.78, 5) is 16.2. The molecule has 0 radical (unpaired) electrons. The minimum Gasteiger partial charge on any atom is -0.357 e. The number of hydrogen-bond acceptors (Lipinski definition) is 2. The molecule has 0 aliphatic carbocycles. The fourth-order valence-corrected chi connectivity index (χ4v) is 2.30. The monoisotopic (exact) mass is 524 g/mol. The van der Waals surface area contributed by atoms with Crippen LogP contribution in [0.15, 0.2) is 35.3 Å².